The highest BCUT2D eigenvalue weighted by Gasteiger charge is 2.28. The van der Waals surface area contributed by atoms with E-state index in [1.54, 1.807) is 0 Å². The van der Waals surface area contributed by atoms with Crippen molar-refractivity contribution in [1.82, 2.24) is 0 Å². The maximum Gasteiger partial charge on any atom is 0.457 e. The van der Waals surface area contributed by atoms with Crippen molar-refractivity contribution in [2.45, 2.75) is 27.1 Å². The van der Waals surface area contributed by atoms with Gasteiger partial charge in [0.15, 0.2) is 0 Å². The summed E-state index contributed by atoms with van der Waals surface area (Å²) in [7, 11) is 0.0556. The van der Waals surface area contributed by atoms with E-state index in [0.29, 0.717) is 5.41 Å². The number of hydrogen-bond donors (Lipinski definition) is 0. The molecule has 0 unspecified atom stereocenters. The Balaban J connectivity index is 2.24. The second-order valence-electron chi connectivity index (χ2n) is 3.94. The fourth-order valence-corrected chi connectivity index (χ4v) is 1.03. The Morgan fingerprint density at radius 1 is 1.20 bits per heavy atom. The largest absolute Gasteiger partial charge is 0.457 e. The summed E-state index contributed by atoms with van der Waals surface area (Å²) in [6.07, 6.45) is 0.993. The van der Waals surface area contributed by atoms with E-state index in [-0.39, 0.29) is 7.12 Å². The minimum Gasteiger partial charge on any atom is -0.409 e. The second kappa shape index (κ2) is 2.93. The topological polar surface area (TPSA) is 18.5 Å². The van der Waals surface area contributed by atoms with Gasteiger partial charge in [0.25, 0.3) is 0 Å². The number of rotatable bonds is 1. The SMILES string of the molecule is CC(C)(C)CB1OCCO1. The van der Waals surface area contributed by atoms with E-state index in [1.165, 1.54) is 0 Å². The molecular formula is C7H15BO2. The average molecular weight is 142 g/mol. The van der Waals surface area contributed by atoms with Crippen molar-refractivity contribution in [2.75, 3.05) is 13.2 Å². The van der Waals surface area contributed by atoms with Crippen LogP contribution in [0.3, 0.4) is 0 Å². The van der Waals surface area contributed by atoms with Gasteiger partial charge >= 0.3 is 7.12 Å². The van der Waals surface area contributed by atoms with Crippen LogP contribution in [-0.2, 0) is 9.31 Å². The first kappa shape index (κ1) is 8.09. The van der Waals surface area contributed by atoms with Gasteiger partial charge in [-0.2, -0.15) is 0 Å². The van der Waals surface area contributed by atoms with Gasteiger partial charge < -0.3 is 9.31 Å². The van der Waals surface area contributed by atoms with Crippen LogP contribution in [0.15, 0.2) is 0 Å². The van der Waals surface area contributed by atoms with Crippen molar-refractivity contribution in [3.05, 3.63) is 0 Å². The van der Waals surface area contributed by atoms with Crippen LogP contribution < -0.4 is 0 Å². The van der Waals surface area contributed by atoms with Gasteiger partial charge in [-0.3, -0.25) is 0 Å². The lowest BCUT2D eigenvalue weighted by Crippen LogP contribution is -2.21. The van der Waals surface area contributed by atoms with Gasteiger partial charge in [-0.1, -0.05) is 20.8 Å². The molecule has 58 valence electrons. The molecule has 0 radical (unpaired) electrons. The lowest BCUT2D eigenvalue weighted by Gasteiger charge is -2.18. The molecule has 0 bridgehead atoms. The first-order valence-corrected chi connectivity index (χ1v) is 3.81. The summed E-state index contributed by atoms with van der Waals surface area (Å²) in [5.41, 5.74) is 0.314. The molecule has 0 aromatic rings. The van der Waals surface area contributed by atoms with Crippen LogP contribution in [0.1, 0.15) is 20.8 Å². The summed E-state index contributed by atoms with van der Waals surface area (Å²) in [5.74, 6) is 0. The molecule has 1 fully saturated rings. The van der Waals surface area contributed by atoms with Crippen LogP contribution in [-0.4, -0.2) is 20.3 Å². The minimum absolute atomic E-state index is 0.0556. The van der Waals surface area contributed by atoms with E-state index in [1.807, 2.05) is 0 Å². The third-order valence-electron chi connectivity index (χ3n) is 1.47. The van der Waals surface area contributed by atoms with E-state index >= 15 is 0 Å². The summed E-state index contributed by atoms with van der Waals surface area (Å²) in [6, 6.07) is 0. The van der Waals surface area contributed by atoms with Crippen molar-refractivity contribution in [3.8, 4) is 0 Å². The summed E-state index contributed by atoms with van der Waals surface area (Å²) < 4.78 is 10.6. The molecular weight excluding hydrogens is 127 g/mol. The molecule has 1 aliphatic rings. The highest BCUT2D eigenvalue weighted by atomic mass is 16.6. The normalized spacial score (nSPS) is 20.1. The van der Waals surface area contributed by atoms with Gasteiger partial charge in [0, 0.05) is 0 Å². The van der Waals surface area contributed by atoms with Crippen molar-refractivity contribution in [2.24, 2.45) is 5.41 Å². The van der Waals surface area contributed by atoms with Gasteiger partial charge in [0.05, 0.1) is 13.2 Å². The quantitative estimate of drug-likeness (QED) is 0.517. The Bertz CT molecular complexity index is 103. The Labute approximate surface area is 63.0 Å². The lowest BCUT2D eigenvalue weighted by molar-refractivity contribution is 0.337. The first-order chi connectivity index (χ1) is 4.58. The highest BCUT2D eigenvalue weighted by Crippen LogP contribution is 2.23. The fraction of sp³-hybridized carbons (Fsp3) is 1.00. The van der Waals surface area contributed by atoms with Crippen LogP contribution in [0, 0.1) is 5.41 Å². The molecule has 10 heavy (non-hydrogen) atoms. The van der Waals surface area contributed by atoms with E-state index in [4.69, 9.17) is 9.31 Å². The van der Waals surface area contributed by atoms with Gasteiger partial charge in [-0.05, 0) is 11.7 Å². The summed E-state index contributed by atoms with van der Waals surface area (Å²) in [6.45, 7) is 8.11. The van der Waals surface area contributed by atoms with Gasteiger partial charge in [-0.25, -0.2) is 0 Å². The van der Waals surface area contributed by atoms with Crippen LogP contribution >= 0.6 is 0 Å². The zero-order valence-electron chi connectivity index (χ0n) is 7.02. The maximum absolute atomic E-state index is 5.31. The summed E-state index contributed by atoms with van der Waals surface area (Å²) >= 11 is 0. The summed E-state index contributed by atoms with van der Waals surface area (Å²) in [4.78, 5) is 0. The van der Waals surface area contributed by atoms with Gasteiger partial charge in [0.2, 0.25) is 0 Å². The third-order valence-corrected chi connectivity index (χ3v) is 1.47. The Morgan fingerprint density at radius 2 is 1.70 bits per heavy atom. The minimum atomic E-state index is 0.0556. The second-order valence-corrected chi connectivity index (χ2v) is 3.94. The van der Waals surface area contributed by atoms with Crippen LogP contribution in [0.5, 0.6) is 0 Å². The molecule has 0 atom stereocenters. The van der Waals surface area contributed by atoms with E-state index in [2.05, 4.69) is 20.8 Å². The molecule has 0 N–H and O–H groups in total. The highest BCUT2D eigenvalue weighted by molar-refractivity contribution is 6.45. The Morgan fingerprint density at radius 3 is 2.10 bits per heavy atom. The van der Waals surface area contributed by atoms with Gasteiger partial charge in [-0.15, -0.1) is 0 Å². The third kappa shape index (κ3) is 2.71. The molecule has 1 heterocycles. The lowest BCUT2D eigenvalue weighted by atomic mass is 9.71. The smallest absolute Gasteiger partial charge is 0.409 e. The Kier molecular flexibility index (Phi) is 2.37. The predicted octanol–water partition coefficient (Wildman–Crippen LogP) is 1.57. The Hall–Kier alpha value is -0.0151. The molecule has 0 saturated carbocycles. The molecule has 0 aliphatic carbocycles. The fourth-order valence-electron chi connectivity index (χ4n) is 1.03. The van der Waals surface area contributed by atoms with Crippen molar-refractivity contribution < 1.29 is 9.31 Å². The van der Waals surface area contributed by atoms with Crippen molar-refractivity contribution in [3.63, 3.8) is 0 Å². The van der Waals surface area contributed by atoms with Crippen LogP contribution in [0.2, 0.25) is 6.32 Å². The molecule has 1 rings (SSSR count). The molecule has 0 aromatic carbocycles. The number of hydrogen-bond acceptors (Lipinski definition) is 2. The molecule has 0 spiro atoms. The molecule has 1 saturated heterocycles. The van der Waals surface area contributed by atoms with E-state index < -0.39 is 0 Å². The molecule has 0 aromatic heterocycles. The van der Waals surface area contributed by atoms with Crippen LogP contribution in [0.25, 0.3) is 0 Å². The maximum atomic E-state index is 5.31. The molecule has 2 nitrogen and oxygen atoms in total. The van der Waals surface area contributed by atoms with Gasteiger partial charge in [0.1, 0.15) is 0 Å². The zero-order chi connectivity index (χ0) is 7.61. The monoisotopic (exact) mass is 142 g/mol. The van der Waals surface area contributed by atoms with Crippen molar-refractivity contribution >= 4 is 7.12 Å². The molecule has 1 aliphatic heterocycles. The molecule has 3 heteroatoms. The predicted molar refractivity (Wildman–Crippen MR) is 41.9 cm³/mol. The standard InChI is InChI=1S/C7H15BO2/c1-7(2,3)6-8-9-4-5-10-8/h4-6H2,1-3H3. The molecule has 0 amide bonds. The van der Waals surface area contributed by atoms with Crippen molar-refractivity contribution in [1.29, 1.82) is 0 Å². The first-order valence-electron chi connectivity index (χ1n) is 3.81. The van der Waals surface area contributed by atoms with E-state index in [9.17, 15) is 0 Å². The average Bonchev–Trinajstić information content (AvgIpc) is 2.12. The zero-order valence-corrected chi connectivity index (χ0v) is 7.02. The van der Waals surface area contributed by atoms with Crippen LogP contribution in [0.4, 0.5) is 0 Å². The van der Waals surface area contributed by atoms with E-state index in [0.717, 1.165) is 19.5 Å². The summed E-state index contributed by atoms with van der Waals surface area (Å²) in [5, 5.41) is 0.